The number of hydrogen-bond donors (Lipinski definition) is 1. The summed E-state index contributed by atoms with van der Waals surface area (Å²) >= 11 is 0. The summed E-state index contributed by atoms with van der Waals surface area (Å²) in [6, 6.07) is 6.88. The van der Waals surface area contributed by atoms with Gasteiger partial charge in [0.15, 0.2) is 0 Å². The van der Waals surface area contributed by atoms with Gasteiger partial charge in [0, 0.05) is 18.0 Å². The minimum atomic E-state index is -4.45. The van der Waals surface area contributed by atoms with Crippen molar-refractivity contribution in [1.82, 2.24) is 4.98 Å². The average molecular weight is 282 g/mol. The Morgan fingerprint density at radius 3 is 2.30 bits per heavy atom. The third-order valence-corrected chi connectivity index (χ3v) is 2.47. The van der Waals surface area contributed by atoms with Crippen LogP contribution in [-0.2, 0) is 6.18 Å². The van der Waals surface area contributed by atoms with E-state index in [2.05, 4.69) is 9.72 Å². The van der Waals surface area contributed by atoms with Crippen molar-refractivity contribution in [2.24, 2.45) is 5.73 Å². The van der Waals surface area contributed by atoms with Crippen molar-refractivity contribution < 1.29 is 22.7 Å². The van der Waals surface area contributed by atoms with Gasteiger partial charge in [-0.25, -0.2) is 4.79 Å². The highest BCUT2D eigenvalue weighted by molar-refractivity contribution is 5.69. The van der Waals surface area contributed by atoms with Gasteiger partial charge in [-0.05, 0) is 23.8 Å². The zero-order valence-corrected chi connectivity index (χ0v) is 10.0. The molecule has 2 aromatic rings. The molecule has 1 aromatic carbocycles. The average Bonchev–Trinajstić information content (AvgIpc) is 2.38. The molecular weight excluding hydrogens is 273 g/mol. The number of rotatable bonds is 2. The molecule has 2 N–H and O–H groups in total. The monoisotopic (exact) mass is 282 g/mol. The Morgan fingerprint density at radius 2 is 1.75 bits per heavy atom. The van der Waals surface area contributed by atoms with Crippen LogP contribution in [0.4, 0.5) is 18.0 Å². The van der Waals surface area contributed by atoms with Gasteiger partial charge in [-0.15, -0.1) is 0 Å². The fraction of sp³-hybridized carbons (Fsp3) is 0.0769. The third-order valence-electron chi connectivity index (χ3n) is 2.47. The van der Waals surface area contributed by atoms with E-state index < -0.39 is 17.8 Å². The van der Waals surface area contributed by atoms with Crippen LogP contribution in [0.1, 0.15) is 5.56 Å². The number of benzene rings is 1. The molecule has 1 heterocycles. The fourth-order valence-electron chi connectivity index (χ4n) is 1.58. The van der Waals surface area contributed by atoms with Crippen LogP contribution in [0.25, 0.3) is 11.1 Å². The lowest BCUT2D eigenvalue weighted by atomic mass is 10.1. The fourth-order valence-corrected chi connectivity index (χ4v) is 1.58. The van der Waals surface area contributed by atoms with E-state index in [0.29, 0.717) is 11.1 Å². The first-order valence-corrected chi connectivity index (χ1v) is 5.46. The van der Waals surface area contributed by atoms with Gasteiger partial charge in [-0.2, -0.15) is 13.2 Å². The summed E-state index contributed by atoms with van der Waals surface area (Å²) in [5.74, 6) is 0.209. The molecule has 0 spiro atoms. The quantitative estimate of drug-likeness (QED) is 0.919. The number of nitrogens with zero attached hydrogens (tertiary/aromatic N) is 1. The minimum Gasteiger partial charge on any atom is -0.411 e. The molecule has 0 aliphatic heterocycles. The first-order valence-electron chi connectivity index (χ1n) is 5.46. The summed E-state index contributed by atoms with van der Waals surface area (Å²) in [6.07, 6.45) is -3.33. The van der Waals surface area contributed by atoms with Gasteiger partial charge in [0.1, 0.15) is 5.75 Å². The maximum atomic E-state index is 12.6. The predicted molar refractivity (Wildman–Crippen MR) is 64.9 cm³/mol. The van der Waals surface area contributed by atoms with E-state index in [9.17, 15) is 18.0 Å². The second-order valence-corrected chi connectivity index (χ2v) is 3.91. The molecular formula is C13H9F3N2O2. The lowest BCUT2D eigenvalue weighted by molar-refractivity contribution is -0.137. The molecule has 0 fully saturated rings. The molecule has 0 radical (unpaired) electrons. The van der Waals surface area contributed by atoms with Crippen molar-refractivity contribution in [2.75, 3.05) is 0 Å². The highest BCUT2D eigenvalue weighted by Gasteiger charge is 2.31. The third kappa shape index (κ3) is 3.25. The van der Waals surface area contributed by atoms with Crippen LogP contribution in [0.15, 0.2) is 42.7 Å². The number of nitrogens with two attached hydrogens (primary N) is 1. The molecule has 20 heavy (non-hydrogen) atoms. The Bertz CT molecular complexity index is 624. The lowest BCUT2D eigenvalue weighted by Crippen LogP contribution is -2.16. The number of hydrogen-bond acceptors (Lipinski definition) is 3. The van der Waals surface area contributed by atoms with E-state index in [4.69, 9.17) is 5.73 Å². The normalized spacial score (nSPS) is 11.2. The van der Waals surface area contributed by atoms with E-state index in [1.807, 2.05) is 0 Å². The molecule has 1 aromatic heterocycles. The molecule has 0 saturated carbocycles. The summed E-state index contributed by atoms with van der Waals surface area (Å²) < 4.78 is 42.4. The molecule has 4 nitrogen and oxygen atoms in total. The Kier molecular flexibility index (Phi) is 3.60. The summed E-state index contributed by atoms with van der Waals surface area (Å²) in [6.45, 7) is 0. The zero-order chi connectivity index (χ0) is 14.8. The Labute approximate surface area is 112 Å². The summed E-state index contributed by atoms with van der Waals surface area (Å²) in [7, 11) is 0. The first kappa shape index (κ1) is 13.9. The van der Waals surface area contributed by atoms with Crippen molar-refractivity contribution >= 4 is 6.09 Å². The maximum absolute atomic E-state index is 12.6. The van der Waals surface area contributed by atoms with Crippen molar-refractivity contribution in [3.63, 3.8) is 0 Å². The number of primary amides is 1. The maximum Gasteiger partial charge on any atom is 0.417 e. The molecule has 0 aliphatic carbocycles. The van der Waals surface area contributed by atoms with Crippen LogP contribution in [0.5, 0.6) is 5.75 Å². The number of aromatic nitrogens is 1. The van der Waals surface area contributed by atoms with Crippen LogP contribution in [0, 0.1) is 0 Å². The van der Waals surface area contributed by atoms with Crippen LogP contribution >= 0.6 is 0 Å². The number of amides is 1. The smallest absolute Gasteiger partial charge is 0.411 e. The second-order valence-electron chi connectivity index (χ2n) is 3.91. The molecule has 0 aliphatic rings. The summed E-state index contributed by atoms with van der Waals surface area (Å²) in [4.78, 5) is 14.1. The van der Waals surface area contributed by atoms with Crippen LogP contribution < -0.4 is 10.5 Å². The molecule has 0 bridgehead atoms. The number of ether oxygens (including phenoxy) is 1. The minimum absolute atomic E-state index is 0.209. The number of carbonyl (C=O) groups is 1. The largest absolute Gasteiger partial charge is 0.417 e. The summed E-state index contributed by atoms with van der Waals surface area (Å²) in [5, 5.41) is 0. The van der Waals surface area contributed by atoms with Gasteiger partial charge >= 0.3 is 12.3 Å². The van der Waals surface area contributed by atoms with E-state index in [1.165, 1.54) is 30.5 Å². The van der Waals surface area contributed by atoms with E-state index >= 15 is 0 Å². The van der Waals surface area contributed by atoms with Gasteiger partial charge in [0.25, 0.3) is 0 Å². The first-order chi connectivity index (χ1) is 9.36. The Hall–Kier alpha value is -2.57. The highest BCUT2D eigenvalue weighted by atomic mass is 19.4. The number of alkyl halides is 3. The molecule has 7 heteroatoms. The molecule has 104 valence electrons. The van der Waals surface area contributed by atoms with Crippen molar-refractivity contribution in [3.8, 4) is 16.9 Å². The van der Waals surface area contributed by atoms with Gasteiger partial charge in [-0.3, -0.25) is 4.98 Å². The van der Waals surface area contributed by atoms with Gasteiger partial charge in [0.05, 0.1) is 5.56 Å². The zero-order valence-electron chi connectivity index (χ0n) is 10.0. The van der Waals surface area contributed by atoms with Crippen LogP contribution in [-0.4, -0.2) is 11.1 Å². The highest BCUT2D eigenvalue weighted by Crippen LogP contribution is 2.31. The second kappa shape index (κ2) is 5.20. The Morgan fingerprint density at radius 1 is 1.10 bits per heavy atom. The SMILES string of the molecule is NC(=O)Oc1ccc(-c2cncc(C(F)(F)F)c2)cc1. The standard InChI is InChI=1S/C13H9F3N2O2/c14-13(15,16)10-5-9(6-18-7-10)8-1-3-11(4-2-8)20-12(17)19/h1-7H,(H2,17,19). The topological polar surface area (TPSA) is 65.2 Å². The van der Waals surface area contributed by atoms with Crippen LogP contribution in [0.3, 0.4) is 0 Å². The van der Waals surface area contributed by atoms with Crippen molar-refractivity contribution in [2.45, 2.75) is 6.18 Å². The van der Waals surface area contributed by atoms with E-state index in [1.54, 1.807) is 0 Å². The predicted octanol–water partition coefficient (Wildman–Crippen LogP) is 3.22. The van der Waals surface area contributed by atoms with E-state index in [-0.39, 0.29) is 5.75 Å². The molecule has 0 saturated heterocycles. The number of carbonyl (C=O) groups excluding carboxylic acids is 1. The van der Waals surface area contributed by atoms with Crippen molar-refractivity contribution in [1.29, 1.82) is 0 Å². The Balaban J connectivity index is 2.30. The molecule has 0 atom stereocenters. The van der Waals surface area contributed by atoms with Gasteiger partial charge in [0.2, 0.25) is 0 Å². The molecule has 2 rings (SSSR count). The van der Waals surface area contributed by atoms with E-state index in [0.717, 1.165) is 12.3 Å². The summed E-state index contributed by atoms with van der Waals surface area (Å²) in [5.41, 5.74) is 4.84. The van der Waals surface area contributed by atoms with Gasteiger partial charge in [-0.1, -0.05) is 12.1 Å². The van der Waals surface area contributed by atoms with Crippen LogP contribution in [0.2, 0.25) is 0 Å². The lowest BCUT2D eigenvalue weighted by Gasteiger charge is -2.08. The molecule has 0 unspecified atom stereocenters. The van der Waals surface area contributed by atoms with Gasteiger partial charge < -0.3 is 10.5 Å². The number of halogens is 3. The molecule has 1 amide bonds. The number of pyridine rings is 1. The van der Waals surface area contributed by atoms with Crippen molar-refractivity contribution in [3.05, 3.63) is 48.3 Å².